The Balaban J connectivity index is 3.15. The molecule has 0 aliphatic heterocycles. The van der Waals surface area contributed by atoms with Crippen molar-refractivity contribution in [3.63, 3.8) is 0 Å². The second-order valence-corrected chi connectivity index (χ2v) is 2.79. The summed E-state index contributed by atoms with van der Waals surface area (Å²) in [6.45, 7) is 0.00655. The van der Waals surface area contributed by atoms with Gasteiger partial charge in [-0.3, -0.25) is 0 Å². The van der Waals surface area contributed by atoms with E-state index in [4.69, 9.17) is 0 Å². The number of nitrogens with two attached hydrogens (primary N) is 1. The van der Waals surface area contributed by atoms with Crippen molar-refractivity contribution in [2.24, 2.45) is 0 Å². The molecule has 0 unspecified atom stereocenters. The maximum Gasteiger partial charge on any atom is 0.416 e. The fourth-order valence-electron chi connectivity index (χ4n) is 1.16. The van der Waals surface area contributed by atoms with Crippen LogP contribution in [-0.2, 0) is 12.7 Å². The van der Waals surface area contributed by atoms with Gasteiger partial charge in [0.05, 0.1) is 12.1 Å². The maximum absolute atomic E-state index is 12.7. The number of quaternary nitrogens is 1. The predicted octanol–water partition coefficient (Wildman–Crippen LogP) is 1.70. The Kier molecular flexibility index (Phi) is 3.10. The molecular weight excluding hydrogens is 198 g/mol. The summed E-state index contributed by atoms with van der Waals surface area (Å²) in [7, 11) is 3.32. The average Bonchev–Trinajstić information content (AvgIpc) is 2.02. The molecule has 5 heteroatoms. The van der Waals surface area contributed by atoms with Crippen LogP contribution in [0.3, 0.4) is 0 Å². The highest BCUT2D eigenvalue weighted by Crippen LogP contribution is 2.31. The van der Waals surface area contributed by atoms with Crippen LogP contribution in [0, 0.1) is 12.9 Å². The SMILES string of the molecule is [CH2-][NH2+]Cc1cc(F)ccc1C(F)(F)F. The van der Waals surface area contributed by atoms with Crippen molar-refractivity contribution in [2.45, 2.75) is 12.7 Å². The number of benzene rings is 1. The molecule has 0 heterocycles. The highest BCUT2D eigenvalue weighted by atomic mass is 19.4. The molecule has 1 nitrogen and oxygen atoms in total. The fraction of sp³-hybridized carbons (Fsp3) is 0.222. The number of alkyl halides is 3. The lowest BCUT2D eigenvalue weighted by molar-refractivity contribution is -0.612. The summed E-state index contributed by atoms with van der Waals surface area (Å²) in [5.74, 6) is -0.671. The molecule has 1 rings (SSSR count). The van der Waals surface area contributed by atoms with E-state index in [0.717, 1.165) is 18.2 Å². The first-order valence-electron chi connectivity index (χ1n) is 3.91. The largest absolute Gasteiger partial charge is 0.475 e. The topological polar surface area (TPSA) is 16.6 Å². The van der Waals surface area contributed by atoms with E-state index in [0.29, 0.717) is 0 Å². The molecule has 0 atom stereocenters. The Morgan fingerprint density at radius 1 is 1.29 bits per heavy atom. The molecule has 0 aliphatic rings. The summed E-state index contributed by atoms with van der Waals surface area (Å²) in [6, 6.07) is 2.42. The monoisotopic (exact) mass is 207 g/mol. The summed E-state index contributed by atoms with van der Waals surface area (Å²) in [5, 5.41) is 1.31. The average molecular weight is 207 g/mol. The second-order valence-electron chi connectivity index (χ2n) is 2.79. The van der Waals surface area contributed by atoms with Crippen LogP contribution < -0.4 is 5.32 Å². The Morgan fingerprint density at radius 2 is 1.93 bits per heavy atom. The van der Waals surface area contributed by atoms with Crippen LogP contribution >= 0.6 is 0 Å². The van der Waals surface area contributed by atoms with E-state index in [-0.39, 0.29) is 12.1 Å². The van der Waals surface area contributed by atoms with Crippen LogP contribution in [0.4, 0.5) is 17.6 Å². The Hall–Kier alpha value is -1.10. The first kappa shape index (κ1) is 11.0. The van der Waals surface area contributed by atoms with Gasteiger partial charge in [0.15, 0.2) is 0 Å². The van der Waals surface area contributed by atoms with E-state index in [2.05, 4.69) is 7.05 Å². The van der Waals surface area contributed by atoms with Gasteiger partial charge in [0.25, 0.3) is 0 Å². The third-order valence-corrected chi connectivity index (χ3v) is 1.74. The van der Waals surface area contributed by atoms with Gasteiger partial charge in [0.2, 0.25) is 0 Å². The van der Waals surface area contributed by atoms with E-state index in [1.165, 1.54) is 5.32 Å². The van der Waals surface area contributed by atoms with Crippen molar-refractivity contribution in [3.05, 3.63) is 42.2 Å². The fourth-order valence-corrected chi connectivity index (χ4v) is 1.16. The Morgan fingerprint density at radius 3 is 2.43 bits per heavy atom. The highest BCUT2D eigenvalue weighted by Gasteiger charge is 2.33. The van der Waals surface area contributed by atoms with Crippen molar-refractivity contribution >= 4 is 0 Å². The third-order valence-electron chi connectivity index (χ3n) is 1.74. The summed E-state index contributed by atoms with van der Waals surface area (Å²) in [4.78, 5) is 0. The quantitative estimate of drug-likeness (QED) is 0.561. The van der Waals surface area contributed by atoms with Crippen LogP contribution in [-0.4, -0.2) is 0 Å². The van der Waals surface area contributed by atoms with Gasteiger partial charge in [-0.1, -0.05) is 0 Å². The minimum absolute atomic E-state index is 0.00655. The smallest absolute Gasteiger partial charge is 0.416 e. The van der Waals surface area contributed by atoms with Gasteiger partial charge in [-0.05, 0) is 18.2 Å². The van der Waals surface area contributed by atoms with Gasteiger partial charge < -0.3 is 5.32 Å². The highest BCUT2D eigenvalue weighted by molar-refractivity contribution is 5.29. The van der Waals surface area contributed by atoms with Gasteiger partial charge in [-0.15, -0.1) is 0 Å². The van der Waals surface area contributed by atoms with Crippen LogP contribution in [0.25, 0.3) is 0 Å². The predicted molar refractivity (Wildman–Crippen MR) is 42.4 cm³/mol. The molecule has 0 saturated carbocycles. The molecule has 0 aliphatic carbocycles. The maximum atomic E-state index is 12.7. The first-order chi connectivity index (χ1) is 6.45. The van der Waals surface area contributed by atoms with Crippen LogP contribution in [0.1, 0.15) is 11.1 Å². The molecule has 0 fully saturated rings. The van der Waals surface area contributed by atoms with E-state index >= 15 is 0 Å². The zero-order valence-electron chi connectivity index (χ0n) is 7.24. The zero-order valence-corrected chi connectivity index (χ0v) is 7.24. The lowest BCUT2D eigenvalue weighted by atomic mass is 10.1. The molecule has 0 spiro atoms. The molecule has 0 bridgehead atoms. The molecule has 78 valence electrons. The van der Waals surface area contributed by atoms with E-state index < -0.39 is 17.6 Å². The summed E-state index contributed by atoms with van der Waals surface area (Å²) >= 11 is 0. The van der Waals surface area contributed by atoms with Crippen molar-refractivity contribution in [1.82, 2.24) is 0 Å². The molecule has 0 amide bonds. The lowest BCUT2D eigenvalue weighted by Crippen LogP contribution is -2.75. The van der Waals surface area contributed by atoms with E-state index in [9.17, 15) is 17.6 Å². The minimum Gasteiger partial charge on any atom is -0.475 e. The molecule has 1 aromatic carbocycles. The number of halogens is 4. The summed E-state index contributed by atoms with van der Waals surface area (Å²) in [5.41, 5.74) is -0.897. The zero-order chi connectivity index (χ0) is 10.8. The third kappa shape index (κ3) is 2.45. The second kappa shape index (κ2) is 3.96. The number of rotatable bonds is 2. The van der Waals surface area contributed by atoms with Gasteiger partial charge >= 0.3 is 6.18 Å². The van der Waals surface area contributed by atoms with E-state index in [1.54, 1.807) is 0 Å². The standard InChI is InChI=1S/C9H9F4N/c1-14-5-6-4-7(10)2-3-8(6)9(11,12)13/h2-4H,1,5,14H2. The lowest BCUT2D eigenvalue weighted by Gasteiger charge is -2.12. The van der Waals surface area contributed by atoms with Crippen molar-refractivity contribution in [2.75, 3.05) is 0 Å². The minimum atomic E-state index is -4.44. The van der Waals surface area contributed by atoms with E-state index in [1.807, 2.05) is 0 Å². The van der Waals surface area contributed by atoms with Gasteiger partial charge in [0, 0.05) is 5.56 Å². The molecule has 0 aromatic heterocycles. The van der Waals surface area contributed by atoms with Crippen LogP contribution in [0.5, 0.6) is 0 Å². The van der Waals surface area contributed by atoms with Gasteiger partial charge in [0.1, 0.15) is 5.82 Å². The Labute approximate surface area is 78.7 Å². The molecule has 1 aromatic rings. The van der Waals surface area contributed by atoms with Gasteiger partial charge in [-0.25, -0.2) is 4.39 Å². The van der Waals surface area contributed by atoms with Crippen molar-refractivity contribution in [1.29, 1.82) is 0 Å². The van der Waals surface area contributed by atoms with Crippen molar-refractivity contribution < 1.29 is 22.9 Å². The van der Waals surface area contributed by atoms with Crippen LogP contribution in [0.15, 0.2) is 18.2 Å². The summed E-state index contributed by atoms with van der Waals surface area (Å²) in [6.07, 6.45) is -4.44. The molecule has 0 saturated heterocycles. The first-order valence-corrected chi connectivity index (χ1v) is 3.91. The molecule has 0 radical (unpaired) electrons. The van der Waals surface area contributed by atoms with Gasteiger partial charge in [-0.2, -0.15) is 20.2 Å². The number of hydrogen-bond donors (Lipinski definition) is 1. The Bertz CT molecular complexity index is 319. The molecule has 14 heavy (non-hydrogen) atoms. The normalized spacial score (nSPS) is 11.8. The summed E-state index contributed by atoms with van der Waals surface area (Å²) < 4.78 is 49.7. The van der Waals surface area contributed by atoms with Crippen LogP contribution in [0.2, 0.25) is 0 Å². The molecule has 2 N–H and O–H groups in total. The number of hydrogen-bond acceptors (Lipinski definition) is 0. The molecular formula is C9H9F4N. The van der Waals surface area contributed by atoms with Crippen molar-refractivity contribution in [3.8, 4) is 0 Å².